The highest BCUT2D eigenvalue weighted by Gasteiger charge is 2.31. The number of thiophene rings is 1. The van der Waals surface area contributed by atoms with E-state index in [9.17, 15) is 4.79 Å². The third-order valence-electron chi connectivity index (χ3n) is 5.58. The van der Waals surface area contributed by atoms with Gasteiger partial charge in [0.05, 0.1) is 17.5 Å². The van der Waals surface area contributed by atoms with E-state index in [1.54, 1.807) is 11.3 Å². The van der Waals surface area contributed by atoms with Gasteiger partial charge >= 0.3 is 0 Å². The zero-order valence-corrected chi connectivity index (χ0v) is 15.8. The zero-order chi connectivity index (χ0) is 18.0. The second-order valence-electron chi connectivity index (χ2n) is 7.31. The summed E-state index contributed by atoms with van der Waals surface area (Å²) >= 11 is 1.63. The molecule has 1 saturated carbocycles. The van der Waals surface area contributed by atoms with Gasteiger partial charge in [-0.3, -0.25) is 4.79 Å². The van der Waals surface area contributed by atoms with E-state index in [4.69, 9.17) is 5.73 Å². The number of hydrogen-bond donors (Lipinski definition) is 1. The minimum Gasteiger partial charge on any atom is -0.383 e. The van der Waals surface area contributed by atoms with Crippen LogP contribution in [-0.2, 0) is 13.0 Å². The highest BCUT2D eigenvalue weighted by molar-refractivity contribution is 7.19. The van der Waals surface area contributed by atoms with E-state index in [1.807, 2.05) is 4.90 Å². The van der Waals surface area contributed by atoms with Crippen LogP contribution in [0.2, 0.25) is 0 Å². The van der Waals surface area contributed by atoms with Crippen molar-refractivity contribution in [3.05, 3.63) is 39.8 Å². The lowest BCUT2D eigenvalue weighted by Gasteiger charge is -2.27. The molecule has 1 amide bonds. The summed E-state index contributed by atoms with van der Waals surface area (Å²) in [6.45, 7) is 5.51. The largest absolute Gasteiger partial charge is 0.383 e. The fourth-order valence-electron chi connectivity index (χ4n) is 4.18. The molecule has 1 fully saturated rings. The number of aromatic nitrogens is 3. The molecule has 6 nitrogen and oxygen atoms in total. The van der Waals surface area contributed by atoms with Crippen molar-refractivity contribution in [2.75, 3.05) is 12.3 Å². The topological polar surface area (TPSA) is 77.0 Å². The molecule has 0 saturated heterocycles. The lowest BCUT2D eigenvalue weighted by atomic mass is 10.0. The summed E-state index contributed by atoms with van der Waals surface area (Å²) in [5.41, 5.74) is 10.4. The average Bonchev–Trinajstić information content (AvgIpc) is 3.30. The molecule has 0 aromatic carbocycles. The van der Waals surface area contributed by atoms with Gasteiger partial charge in [0.15, 0.2) is 0 Å². The molecule has 26 heavy (non-hydrogen) atoms. The Kier molecular flexibility index (Phi) is 3.37. The first-order valence-corrected chi connectivity index (χ1v) is 9.84. The van der Waals surface area contributed by atoms with Crippen LogP contribution >= 0.6 is 11.3 Å². The number of nitrogens with two attached hydrogens (primary N) is 1. The van der Waals surface area contributed by atoms with E-state index < -0.39 is 0 Å². The van der Waals surface area contributed by atoms with Crippen LogP contribution in [0, 0.1) is 13.8 Å². The summed E-state index contributed by atoms with van der Waals surface area (Å²) < 4.78 is 2.33. The van der Waals surface area contributed by atoms with E-state index in [1.165, 1.54) is 35.3 Å². The summed E-state index contributed by atoms with van der Waals surface area (Å²) in [7, 11) is 0. The second kappa shape index (κ2) is 5.54. The third kappa shape index (κ3) is 2.26. The molecule has 0 radical (unpaired) electrons. The van der Waals surface area contributed by atoms with Gasteiger partial charge < -0.3 is 15.2 Å². The molecule has 3 aromatic heterocycles. The molecular weight excluding hydrogens is 346 g/mol. The summed E-state index contributed by atoms with van der Waals surface area (Å²) in [5, 5.41) is 0.978. The van der Waals surface area contributed by atoms with Gasteiger partial charge in [-0.2, -0.15) is 0 Å². The van der Waals surface area contributed by atoms with Crippen molar-refractivity contribution in [2.24, 2.45) is 0 Å². The molecule has 2 N–H and O–H groups in total. The van der Waals surface area contributed by atoms with E-state index in [2.05, 4.69) is 34.4 Å². The van der Waals surface area contributed by atoms with Crippen molar-refractivity contribution >= 4 is 33.3 Å². The number of nitrogen functional groups attached to an aromatic ring is 1. The molecule has 0 unspecified atom stereocenters. The molecule has 0 bridgehead atoms. The molecule has 0 spiro atoms. The summed E-state index contributed by atoms with van der Waals surface area (Å²) in [6, 6.07) is 2.65. The van der Waals surface area contributed by atoms with Crippen molar-refractivity contribution in [1.82, 2.24) is 19.4 Å². The number of rotatable bonds is 2. The molecule has 1 aliphatic heterocycles. The third-order valence-corrected chi connectivity index (χ3v) is 6.71. The van der Waals surface area contributed by atoms with Crippen molar-refractivity contribution in [1.29, 1.82) is 0 Å². The molecule has 0 atom stereocenters. The highest BCUT2D eigenvalue weighted by atomic mass is 32.1. The molecule has 5 rings (SSSR count). The Morgan fingerprint density at radius 2 is 2.12 bits per heavy atom. The number of amides is 1. The molecule has 1 aliphatic carbocycles. The quantitative estimate of drug-likeness (QED) is 0.754. The maximum atomic E-state index is 13.2. The van der Waals surface area contributed by atoms with Crippen LogP contribution in [-0.4, -0.2) is 31.9 Å². The van der Waals surface area contributed by atoms with Gasteiger partial charge in [0, 0.05) is 28.9 Å². The number of nitrogens with zero attached hydrogens (tertiary/aromatic N) is 4. The predicted octanol–water partition coefficient (Wildman–Crippen LogP) is 3.23. The maximum Gasteiger partial charge on any atom is 0.256 e. The Morgan fingerprint density at radius 1 is 1.31 bits per heavy atom. The molecule has 3 aromatic rings. The van der Waals surface area contributed by atoms with Gasteiger partial charge in [0.2, 0.25) is 0 Å². The Morgan fingerprint density at radius 3 is 2.88 bits per heavy atom. The Bertz CT molecular complexity index is 1050. The van der Waals surface area contributed by atoms with Gasteiger partial charge in [-0.05, 0) is 44.7 Å². The zero-order valence-electron chi connectivity index (χ0n) is 15.0. The molecular formula is C19H21N5OS. The van der Waals surface area contributed by atoms with E-state index >= 15 is 0 Å². The van der Waals surface area contributed by atoms with Gasteiger partial charge in [-0.1, -0.05) is 0 Å². The van der Waals surface area contributed by atoms with Crippen molar-refractivity contribution in [3.8, 4) is 0 Å². The first-order valence-electron chi connectivity index (χ1n) is 9.03. The summed E-state index contributed by atoms with van der Waals surface area (Å²) in [5.74, 6) is 0.674. The monoisotopic (exact) mass is 367 g/mol. The van der Waals surface area contributed by atoms with E-state index in [-0.39, 0.29) is 5.91 Å². The Labute approximate surface area is 155 Å². The standard InChI is InChI=1S/C19H21N5OS/c1-10-7-14(11(2)24(10)12-3-4-12)19(25)23-6-5-13-15(8-23)26-18-16(13)17(20)21-9-22-18/h7,9,12H,3-6,8H2,1-2H3,(H2,20,21,22). The van der Waals surface area contributed by atoms with Gasteiger partial charge in [-0.25, -0.2) is 9.97 Å². The minimum absolute atomic E-state index is 0.132. The number of hydrogen-bond acceptors (Lipinski definition) is 5. The van der Waals surface area contributed by atoms with Crippen molar-refractivity contribution in [3.63, 3.8) is 0 Å². The fourth-order valence-corrected chi connectivity index (χ4v) is 5.39. The van der Waals surface area contributed by atoms with Crippen LogP contribution in [0.3, 0.4) is 0 Å². The number of fused-ring (bicyclic) bond motifs is 3. The van der Waals surface area contributed by atoms with E-state index in [0.29, 0.717) is 24.9 Å². The van der Waals surface area contributed by atoms with E-state index in [0.717, 1.165) is 27.9 Å². The molecule has 134 valence electrons. The summed E-state index contributed by atoms with van der Waals surface area (Å²) in [4.78, 5) is 25.7. The first-order chi connectivity index (χ1) is 12.5. The first kappa shape index (κ1) is 15.8. The van der Waals surface area contributed by atoms with Crippen LogP contribution in [0.5, 0.6) is 0 Å². The number of carbonyl (C=O) groups is 1. The maximum absolute atomic E-state index is 13.2. The van der Waals surface area contributed by atoms with Crippen LogP contribution in [0.25, 0.3) is 10.2 Å². The lowest BCUT2D eigenvalue weighted by Crippen LogP contribution is -2.35. The fraction of sp³-hybridized carbons (Fsp3) is 0.421. The van der Waals surface area contributed by atoms with Gasteiger partial charge in [0.1, 0.15) is 17.0 Å². The summed E-state index contributed by atoms with van der Waals surface area (Å²) in [6.07, 6.45) is 4.76. The smallest absolute Gasteiger partial charge is 0.256 e. The van der Waals surface area contributed by atoms with Crippen LogP contribution in [0.4, 0.5) is 5.82 Å². The molecule has 4 heterocycles. The van der Waals surface area contributed by atoms with Crippen LogP contribution in [0.1, 0.15) is 51.1 Å². The molecule has 7 heteroatoms. The average molecular weight is 367 g/mol. The number of anilines is 1. The molecule has 2 aliphatic rings. The van der Waals surface area contributed by atoms with Crippen LogP contribution < -0.4 is 5.73 Å². The SMILES string of the molecule is Cc1cc(C(=O)N2CCc3c(sc4ncnc(N)c34)C2)c(C)n1C1CC1. The van der Waals surface area contributed by atoms with Gasteiger partial charge in [0.25, 0.3) is 5.91 Å². The Balaban J connectivity index is 1.48. The van der Waals surface area contributed by atoms with Crippen molar-refractivity contribution in [2.45, 2.75) is 45.7 Å². The highest BCUT2D eigenvalue weighted by Crippen LogP contribution is 2.39. The van der Waals surface area contributed by atoms with Gasteiger partial charge in [-0.15, -0.1) is 11.3 Å². The second-order valence-corrected chi connectivity index (χ2v) is 8.39. The normalized spacial score (nSPS) is 16.9. The van der Waals surface area contributed by atoms with Crippen LogP contribution in [0.15, 0.2) is 12.4 Å². The predicted molar refractivity (Wildman–Crippen MR) is 102 cm³/mol. The minimum atomic E-state index is 0.132. The Hall–Kier alpha value is -2.41. The number of aryl methyl sites for hydroxylation is 1. The lowest BCUT2D eigenvalue weighted by molar-refractivity contribution is 0.0736. The number of carbonyl (C=O) groups excluding carboxylic acids is 1. The van der Waals surface area contributed by atoms with Crippen molar-refractivity contribution < 1.29 is 4.79 Å².